The summed E-state index contributed by atoms with van der Waals surface area (Å²) >= 11 is 1.15. The molecule has 1 aromatic heterocycles. The summed E-state index contributed by atoms with van der Waals surface area (Å²) in [6.45, 7) is 1.76. The Morgan fingerprint density at radius 1 is 1.32 bits per heavy atom. The minimum Gasteiger partial charge on any atom is -0.477 e. The number of hydrogen-bond donors (Lipinski definition) is 2. The molecule has 2 fully saturated rings. The molecule has 1 heterocycles. The Bertz CT molecular complexity index is 517. The van der Waals surface area contributed by atoms with E-state index in [1.165, 1.54) is 25.7 Å². The van der Waals surface area contributed by atoms with Gasteiger partial charge in [-0.3, -0.25) is 4.79 Å². The molecule has 0 unspecified atom stereocenters. The van der Waals surface area contributed by atoms with Crippen molar-refractivity contribution in [3.05, 3.63) is 16.5 Å². The maximum atomic E-state index is 12.3. The Morgan fingerprint density at radius 2 is 1.89 bits per heavy atom. The highest BCUT2D eigenvalue weighted by molar-refractivity contribution is 7.18. The number of aromatic carboxylic acids is 1. The van der Waals surface area contributed by atoms with Gasteiger partial charge in [-0.1, -0.05) is 0 Å². The fourth-order valence-corrected chi connectivity index (χ4v) is 3.60. The van der Waals surface area contributed by atoms with Crippen molar-refractivity contribution in [2.45, 2.75) is 32.6 Å². The van der Waals surface area contributed by atoms with Gasteiger partial charge in [0.15, 0.2) is 0 Å². The van der Waals surface area contributed by atoms with Gasteiger partial charge in [0, 0.05) is 5.92 Å². The van der Waals surface area contributed by atoms with Crippen molar-refractivity contribution in [1.29, 1.82) is 0 Å². The number of nitrogens with one attached hydrogen (secondary N) is 1. The summed E-state index contributed by atoms with van der Waals surface area (Å²) in [6, 6.07) is 1.75. The summed E-state index contributed by atoms with van der Waals surface area (Å²) in [7, 11) is 0. The quantitative estimate of drug-likeness (QED) is 0.870. The maximum Gasteiger partial charge on any atom is 0.346 e. The van der Waals surface area contributed by atoms with Gasteiger partial charge in [-0.05, 0) is 56.1 Å². The normalized spacial score (nSPS) is 18.6. The molecule has 2 N–H and O–H groups in total. The lowest BCUT2D eigenvalue weighted by atomic mass is 9.97. The first-order valence-corrected chi connectivity index (χ1v) is 7.52. The molecule has 0 aliphatic heterocycles. The number of hydrogen-bond acceptors (Lipinski definition) is 3. The van der Waals surface area contributed by atoms with E-state index in [9.17, 15) is 9.59 Å². The van der Waals surface area contributed by atoms with E-state index in [0.29, 0.717) is 27.3 Å². The molecule has 1 aromatic rings. The van der Waals surface area contributed by atoms with Crippen LogP contribution in [0, 0.1) is 24.7 Å². The van der Waals surface area contributed by atoms with Crippen LogP contribution in [-0.4, -0.2) is 17.0 Å². The first-order chi connectivity index (χ1) is 9.06. The van der Waals surface area contributed by atoms with Crippen LogP contribution in [0.2, 0.25) is 0 Å². The van der Waals surface area contributed by atoms with Gasteiger partial charge >= 0.3 is 5.97 Å². The van der Waals surface area contributed by atoms with Gasteiger partial charge in [0.05, 0.1) is 5.00 Å². The summed E-state index contributed by atoms with van der Waals surface area (Å²) in [5.74, 6) is 0.433. The highest BCUT2D eigenvalue weighted by atomic mass is 32.1. The van der Waals surface area contributed by atoms with Gasteiger partial charge in [-0.15, -0.1) is 11.3 Å². The lowest BCUT2D eigenvalue weighted by Crippen LogP contribution is -2.25. The molecule has 1 amide bonds. The summed E-state index contributed by atoms with van der Waals surface area (Å²) in [6.07, 6.45) is 4.66. The van der Waals surface area contributed by atoms with Gasteiger partial charge in [0.25, 0.3) is 0 Å². The fraction of sp³-hybridized carbons (Fsp3) is 0.571. The van der Waals surface area contributed by atoms with Gasteiger partial charge in [-0.25, -0.2) is 4.79 Å². The van der Waals surface area contributed by atoms with E-state index in [-0.39, 0.29) is 11.8 Å². The van der Waals surface area contributed by atoms with Crippen molar-refractivity contribution < 1.29 is 14.7 Å². The molecule has 3 rings (SSSR count). The van der Waals surface area contributed by atoms with E-state index in [1.54, 1.807) is 13.0 Å². The predicted molar refractivity (Wildman–Crippen MR) is 73.6 cm³/mol. The molecule has 0 radical (unpaired) electrons. The molecule has 2 aliphatic rings. The van der Waals surface area contributed by atoms with Crippen molar-refractivity contribution in [3.63, 3.8) is 0 Å². The monoisotopic (exact) mass is 279 g/mol. The van der Waals surface area contributed by atoms with Crippen LogP contribution in [0.5, 0.6) is 0 Å². The minimum absolute atomic E-state index is 0.0863. The number of carbonyl (C=O) groups excluding carboxylic acids is 1. The second-order valence-corrected chi connectivity index (χ2v) is 6.67. The number of anilines is 1. The number of carboxylic acids is 1. The van der Waals surface area contributed by atoms with Crippen molar-refractivity contribution in [2.24, 2.45) is 17.8 Å². The number of amides is 1. The zero-order valence-corrected chi connectivity index (χ0v) is 11.6. The third kappa shape index (κ3) is 2.66. The Balaban J connectivity index is 1.71. The first-order valence-electron chi connectivity index (χ1n) is 6.71. The molecule has 4 nitrogen and oxygen atoms in total. The Labute approximate surface area is 115 Å². The fourth-order valence-electron chi connectivity index (χ4n) is 2.68. The number of rotatable bonds is 5. The minimum atomic E-state index is -0.927. The highest BCUT2D eigenvalue weighted by Crippen LogP contribution is 2.49. The number of carbonyl (C=O) groups is 2. The highest BCUT2D eigenvalue weighted by Gasteiger charge is 2.45. The Morgan fingerprint density at radius 3 is 2.32 bits per heavy atom. The van der Waals surface area contributed by atoms with Crippen LogP contribution in [-0.2, 0) is 4.79 Å². The average molecular weight is 279 g/mol. The third-order valence-corrected chi connectivity index (χ3v) is 5.06. The van der Waals surface area contributed by atoms with E-state index in [0.717, 1.165) is 11.3 Å². The van der Waals surface area contributed by atoms with Crippen molar-refractivity contribution in [2.75, 3.05) is 5.32 Å². The third-order valence-electron chi connectivity index (χ3n) is 3.92. The summed E-state index contributed by atoms with van der Waals surface area (Å²) in [5, 5.41) is 12.6. The molecule has 0 atom stereocenters. The maximum absolute atomic E-state index is 12.3. The molecule has 19 heavy (non-hydrogen) atoms. The molecule has 5 heteroatoms. The molecular formula is C14H17NO3S. The van der Waals surface area contributed by atoms with Gasteiger partial charge in [0.1, 0.15) is 4.88 Å². The molecular weight excluding hydrogens is 262 g/mol. The molecule has 0 spiro atoms. The lowest BCUT2D eigenvalue weighted by molar-refractivity contribution is -0.121. The van der Waals surface area contributed by atoms with Crippen LogP contribution >= 0.6 is 11.3 Å². The smallest absolute Gasteiger partial charge is 0.346 e. The Hall–Kier alpha value is -1.36. The van der Waals surface area contributed by atoms with E-state index >= 15 is 0 Å². The largest absolute Gasteiger partial charge is 0.477 e. The van der Waals surface area contributed by atoms with Crippen LogP contribution < -0.4 is 5.32 Å². The molecule has 102 valence electrons. The average Bonchev–Trinajstić information content (AvgIpc) is 3.21. The van der Waals surface area contributed by atoms with E-state index in [2.05, 4.69) is 5.32 Å². The van der Waals surface area contributed by atoms with Gasteiger partial charge in [0.2, 0.25) is 5.91 Å². The second kappa shape index (κ2) is 4.63. The first kappa shape index (κ1) is 12.7. The number of carboxylic acid groups (broad SMARTS) is 1. The van der Waals surface area contributed by atoms with Crippen LogP contribution in [0.4, 0.5) is 5.00 Å². The summed E-state index contributed by atoms with van der Waals surface area (Å²) in [4.78, 5) is 23.6. The zero-order valence-electron chi connectivity index (χ0n) is 10.8. The second-order valence-electron chi connectivity index (χ2n) is 5.62. The van der Waals surface area contributed by atoms with E-state index in [4.69, 9.17) is 5.11 Å². The molecule has 0 saturated heterocycles. The topological polar surface area (TPSA) is 66.4 Å². The SMILES string of the molecule is Cc1cc(NC(=O)C(C2CC2)C2CC2)sc1C(=O)O. The molecule has 0 bridgehead atoms. The van der Waals surface area contributed by atoms with Crippen LogP contribution in [0.3, 0.4) is 0 Å². The zero-order chi connectivity index (χ0) is 13.6. The van der Waals surface area contributed by atoms with E-state index < -0.39 is 5.97 Å². The van der Waals surface area contributed by atoms with Crippen molar-refractivity contribution in [1.82, 2.24) is 0 Å². The van der Waals surface area contributed by atoms with E-state index in [1.807, 2.05) is 0 Å². The van der Waals surface area contributed by atoms with Crippen molar-refractivity contribution >= 4 is 28.2 Å². The van der Waals surface area contributed by atoms with Crippen LogP contribution in [0.25, 0.3) is 0 Å². The predicted octanol–water partition coefficient (Wildman–Crippen LogP) is 3.13. The summed E-state index contributed by atoms with van der Waals surface area (Å²) < 4.78 is 0. The van der Waals surface area contributed by atoms with Gasteiger partial charge < -0.3 is 10.4 Å². The number of thiophene rings is 1. The molecule has 2 saturated carbocycles. The van der Waals surface area contributed by atoms with Crippen molar-refractivity contribution in [3.8, 4) is 0 Å². The Kier molecular flexibility index (Phi) is 3.09. The standard InChI is InChI=1S/C14H17NO3S/c1-7-6-10(19-12(7)14(17)18)15-13(16)11(8-2-3-8)9-4-5-9/h6,8-9,11H,2-5H2,1H3,(H,15,16)(H,17,18). The summed E-state index contributed by atoms with van der Waals surface area (Å²) in [5.41, 5.74) is 0.710. The number of aryl methyl sites for hydroxylation is 1. The van der Waals surface area contributed by atoms with Gasteiger partial charge in [-0.2, -0.15) is 0 Å². The molecule has 2 aliphatic carbocycles. The van der Waals surface area contributed by atoms with Crippen LogP contribution in [0.1, 0.15) is 40.9 Å². The van der Waals surface area contributed by atoms with Crippen LogP contribution in [0.15, 0.2) is 6.07 Å². The molecule has 0 aromatic carbocycles. The lowest BCUT2D eigenvalue weighted by Gasteiger charge is -2.14.